The second-order valence-electron chi connectivity index (χ2n) is 4.59. The molecule has 2 aromatic heterocycles. The van der Waals surface area contributed by atoms with E-state index in [-0.39, 0.29) is 0 Å². The van der Waals surface area contributed by atoms with E-state index in [1.54, 1.807) is 6.26 Å². The van der Waals surface area contributed by atoms with Gasteiger partial charge >= 0.3 is 0 Å². The second kappa shape index (κ2) is 5.01. The zero-order valence-corrected chi connectivity index (χ0v) is 11.2. The van der Waals surface area contributed by atoms with Gasteiger partial charge in [0.2, 0.25) is 0 Å². The third-order valence-electron chi connectivity index (χ3n) is 3.23. The normalized spacial score (nSPS) is 14.2. The lowest BCUT2D eigenvalue weighted by molar-refractivity contribution is 0.109. The van der Waals surface area contributed by atoms with Crippen LogP contribution in [0, 0.1) is 6.92 Å². The number of aryl methyl sites for hydroxylation is 1. The van der Waals surface area contributed by atoms with Crippen molar-refractivity contribution in [2.45, 2.75) is 26.9 Å². The zero-order chi connectivity index (χ0) is 13.2. The van der Waals surface area contributed by atoms with E-state index in [9.17, 15) is 0 Å². The fraction of sp³-hybridized carbons (Fsp3) is 0.429. The first-order valence-corrected chi connectivity index (χ1v) is 6.55. The number of aromatic nitrogens is 2. The summed E-state index contributed by atoms with van der Waals surface area (Å²) >= 11 is 0. The lowest BCUT2D eigenvalue weighted by atomic mass is 10.1. The van der Waals surface area contributed by atoms with E-state index in [0.29, 0.717) is 19.0 Å². The molecule has 0 saturated heterocycles. The minimum Gasteiger partial charge on any atom is -0.461 e. The summed E-state index contributed by atoms with van der Waals surface area (Å²) in [6.45, 7) is 6.16. The topological polar surface area (TPSA) is 60.2 Å². The molecule has 0 fully saturated rings. The van der Waals surface area contributed by atoms with Crippen LogP contribution in [0.1, 0.15) is 23.7 Å². The standard InChI is InChI=1S/C14H17N3O2/c1-3-15-13-10-8-18-6-5-11(10)16-14(17-13)12-9(2)4-7-19-12/h4,7H,3,5-6,8H2,1-2H3,(H,15,16,17). The molecule has 0 unspecified atom stereocenters. The first-order chi connectivity index (χ1) is 9.29. The predicted molar refractivity (Wildman–Crippen MR) is 72.0 cm³/mol. The Morgan fingerprint density at radius 3 is 3.00 bits per heavy atom. The highest BCUT2D eigenvalue weighted by molar-refractivity contribution is 5.58. The van der Waals surface area contributed by atoms with Gasteiger partial charge in [0.25, 0.3) is 0 Å². The molecule has 100 valence electrons. The highest BCUT2D eigenvalue weighted by atomic mass is 16.5. The lowest BCUT2D eigenvalue weighted by Crippen LogP contribution is -2.17. The summed E-state index contributed by atoms with van der Waals surface area (Å²) in [5.74, 6) is 2.26. The summed E-state index contributed by atoms with van der Waals surface area (Å²) in [6.07, 6.45) is 2.49. The molecule has 5 heteroatoms. The highest BCUT2D eigenvalue weighted by Gasteiger charge is 2.20. The van der Waals surface area contributed by atoms with Crippen LogP contribution in [-0.4, -0.2) is 23.1 Å². The number of ether oxygens (including phenoxy) is 1. The van der Waals surface area contributed by atoms with Crippen molar-refractivity contribution in [1.29, 1.82) is 0 Å². The molecule has 5 nitrogen and oxygen atoms in total. The summed E-state index contributed by atoms with van der Waals surface area (Å²) in [6, 6.07) is 1.92. The van der Waals surface area contributed by atoms with Gasteiger partial charge in [-0.15, -0.1) is 0 Å². The van der Waals surface area contributed by atoms with Crippen molar-refractivity contribution in [3.8, 4) is 11.6 Å². The molecule has 3 heterocycles. The van der Waals surface area contributed by atoms with Crippen molar-refractivity contribution in [3.63, 3.8) is 0 Å². The third kappa shape index (κ3) is 2.21. The molecule has 0 spiro atoms. The van der Waals surface area contributed by atoms with Gasteiger partial charge in [-0.1, -0.05) is 0 Å². The average molecular weight is 259 g/mol. The number of hydrogen-bond donors (Lipinski definition) is 1. The Morgan fingerprint density at radius 1 is 1.37 bits per heavy atom. The van der Waals surface area contributed by atoms with Gasteiger partial charge < -0.3 is 14.5 Å². The largest absolute Gasteiger partial charge is 0.461 e. The summed E-state index contributed by atoms with van der Waals surface area (Å²) in [4.78, 5) is 9.22. The molecule has 0 aromatic carbocycles. The first-order valence-electron chi connectivity index (χ1n) is 6.55. The number of nitrogens with zero attached hydrogens (tertiary/aromatic N) is 2. The van der Waals surface area contributed by atoms with Gasteiger partial charge in [0.1, 0.15) is 5.82 Å². The maximum Gasteiger partial charge on any atom is 0.198 e. The average Bonchev–Trinajstić information content (AvgIpc) is 2.85. The molecule has 0 atom stereocenters. The molecular formula is C14H17N3O2. The smallest absolute Gasteiger partial charge is 0.198 e. The van der Waals surface area contributed by atoms with E-state index in [0.717, 1.165) is 41.4 Å². The fourth-order valence-electron chi connectivity index (χ4n) is 2.25. The molecule has 0 saturated carbocycles. The lowest BCUT2D eigenvalue weighted by Gasteiger charge is -2.19. The Labute approximate surface area is 112 Å². The number of hydrogen-bond acceptors (Lipinski definition) is 5. The zero-order valence-electron chi connectivity index (χ0n) is 11.2. The first kappa shape index (κ1) is 12.2. The Morgan fingerprint density at radius 2 is 2.26 bits per heavy atom. The van der Waals surface area contributed by atoms with Gasteiger partial charge in [-0.05, 0) is 25.5 Å². The van der Waals surface area contributed by atoms with Gasteiger partial charge in [-0.3, -0.25) is 0 Å². The Hall–Kier alpha value is -1.88. The van der Waals surface area contributed by atoms with Crippen molar-refractivity contribution in [2.24, 2.45) is 0 Å². The monoisotopic (exact) mass is 259 g/mol. The van der Waals surface area contributed by atoms with Gasteiger partial charge in [0.15, 0.2) is 11.6 Å². The second-order valence-corrected chi connectivity index (χ2v) is 4.59. The molecule has 1 aliphatic rings. The van der Waals surface area contributed by atoms with Crippen molar-refractivity contribution >= 4 is 5.82 Å². The number of fused-ring (bicyclic) bond motifs is 1. The van der Waals surface area contributed by atoms with Crippen LogP contribution in [0.25, 0.3) is 11.6 Å². The molecule has 3 rings (SSSR count). The van der Waals surface area contributed by atoms with Crippen LogP contribution in [0.3, 0.4) is 0 Å². The van der Waals surface area contributed by atoms with Gasteiger partial charge in [0, 0.05) is 18.5 Å². The van der Waals surface area contributed by atoms with Gasteiger partial charge in [-0.2, -0.15) is 0 Å². The molecule has 1 aliphatic heterocycles. The van der Waals surface area contributed by atoms with Crippen LogP contribution in [0.15, 0.2) is 16.7 Å². The molecule has 2 aromatic rings. The molecule has 0 bridgehead atoms. The van der Waals surface area contributed by atoms with Crippen molar-refractivity contribution in [3.05, 3.63) is 29.2 Å². The number of anilines is 1. The molecule has 0 amide bonds. The quantitative estimate of drug-likeness (QED) is 0.917. The minimum absolute atomic E-state index is 0.578. The molecular weight excluding hydrogens is 242 g/mol. The summed E-state index contributed by atoms with van der Waals surface area (Å²) < 4.78 is 11.0. The third-order valence-corrected chi connectivity index (χ3v) is 3.23. The summed E-state index contributed by atoms with van der Waals surface area (Å²) in [5.41, 5.74) is 3.18. The highest BCUT2D eigenvalue weighted by Crippen LogP contribution is 2.27. The van der Waals surface area contributed by atoms with Crippen molar-refractivity contribution in [1.82, 2.24) is 9.97 Å². The molecule has 1 N–H and O–H groups in total. The van der Waals surface area contributed by atoms with Crippen LogP contribution in [0.5, 0.6) is 0 Å². The van der Waals surface area contributed by atoms with Crippen molar-refractivity contribution < 1.29 is 9.15 Å². The van der Waals surface area contributed by atoms with Crippen LogP contribution in [0.4, 0.5) is 5.82 Å². The van der Waals surface area contributed by atoms with E-state index in [1.807, 2.05) is 13.0 Å². The Bertz CT molecular complexity index is 592. The number of furan rings is 1. The van der Waals surface area contributed by atoms with Gasteiger partial charge in [-0.25, -0.2) is 9.97 Å². The molecule has 0 aliphatic carbocycles. The van der Waals surface area contributed by atoms with E-state index < -0.39 is 0 Å². The Kier molecular flexibility index (Phi) is 3.21. The van der Waals surface area contributed by atoms with Crippen LogP contribution < -0.4 is 5.32 Å². The van der Waals surface area contributed by atoms with E-state index in [2.05, 4.69) is 22.2 Å². The van der Waals surface area contributed by atoms with E-state index in [1.165, 1.54) is 0 Å². The van der Waals surface area contributed by atoms with Crippen LogP contribution >= 0.6 is 0 Å². The molecule has 19 heavy (non-hydrogen) atoms. The van der Waals surface area contributed by atoms with Crippen LogP contribution in [0.2, 0.25) is 0 Å². The molecule has 0 radical (unpaired) electrons. The van der Waals surface area contributed by atoms with Gasteiger partial charge in [0.05, 0.1) is 25.2 Å². The number of nitrogens with one attached hydrogen (secondary N) is 1. The SMILES string of the molecule is CCNc1nc(-c2occc2C)nc2c1COCC2. The minimum atomic E-state index is 0.578. The maximum absolute atomic E-state index is 5.49. The van der Waals surface area contributed by atoms with E-state index >= 15 is 0 Å². The Balaban J connectivity index is 2.11. The maximum atomic E-state index is 5.49. The van der Waals surface area contributed by atoms with E-state index in [4.69, 9.17) is 9.15 Å². The fourth-order valence-corrected chi connectivity index (χ4v) is 2.25. The summed E-state index contributed by atoms with van der Waals surface area (Å²) in [5, 5.41) is 3.28. The summed E-state index contributed by atoms with van der Waals surface area (Å²) in [7, 11) is 0. The predicted octanol–water partition coefficient (Wildman–Crippen LogP) is 2.55. The van der Waals surface area contributed by atoms with Crippen molar-refractivity contribution in [2.75, 3.05) is 18.5 Å². The number of rotatable bonds is 3. The van der Waals surface area contributed by atoms with Crippen LogP contribution in [-0.2, 0) is 17.8 Å².